The number of rotatable bonds is 2. The molecule has 0 aromatic heterocycles. The van der Waals surface area contributed by atoms with E-state index < -0.39 is 26.3 Å². The standard InChI is InChI=1S/C5H9NO4S/c6-2-3-1-4(5(7)8)11(3,9)10/h3-4H,1-2,6H2,(H,7,8). The quantitative estimate of drug-likeness (QED) is 0.542. The number of sulfone groups is 1. The average molecular weight is 179 g/mol. The van der Waals surface area contributed by atoms with Crippen molar-refractivity contribution in [2.45, 2.75) is 16.9 Å². The van der Waals surface area contributed by atoms with Gasteiger partial charge in [0, 0.05) is 6.54 Å². The number of carbonyl (C=O) groups is 1. The molecule has 0 aromatic rings. The third-order valence-electron chi connectivity index (χ3n) is 1.88. The van der Waals surface area contributed by atoms with Crippen molar-refractivity contribution in [2.24, 2.45) is 5.73 Å². The van der Waals surface area contributed by atoms with Crippen molar-refractivity contribution >= 4 is 15.8 Å². The molecule has 5 nitrogen and oxygen atoms in total. The topological polar surface area (TPSA) is 97.5 Å². The summed E-state index contributed by atoms with van der Waals surface area (Å²) in [5.74, 6) is -1.27. The summed E-state index contributed by atoms with van der Waals surface area (Å²) in [5.41, 5.74) is 5.10. The van der Waals surface area contributed by atoms with Crippen LogP contribution in [0.25, 0.3) is 0 Å². The summed E-state index contributed by atoms with van der Waals surface area (Å²) in [6, 6.07) is 0. The molecule has 64 valence electrons. The van der Waals surface area contributed by atoms with Gasteiger partial charge in [0.25, 0.3) is 0 Å². The Morgan fingerprint density at radius 1 is 1.64 bits per heavy atom. The second-order valence-electron chi connectivity index (χ2n) is 2.51. The molecule has 2 unspecified atom stereocenters. The van der Waals surface area contributed by atoms with Gasteiger partial charge in [-0.25, -0.2) is 8.42 Å². The molecule has 11 heavy (non-hydrogen) atoms. The largest absolute Gasteiger partial charge is 0.480 e. The van der Waals surface area contributed by atoms with Gasteiger partial charge in [-0.3, -0.25) is 4.79 Å². The van der Waals surface area contributed by atoms with E-state index in [1.807, 2.05) is 0 Å². The number of nitrogens with two attached hydrogens (primary N) is 1. The van der Waals surface area contributed by atoms with Crippen LogP contribution in [0.4, 0.5) is 0 Å². The van der Waals surface area contributed by atoms with Crippen LogP contribution in [0.3, 0.4) is 0 Å². The van der Waals surface area contributed by atoms with Gasteiger partial charge < -0.3 is 10.8 Å². The number of carboxylic acid groups (broad SMARTS) is 1. The Morgan fingerprint density at radius 3 is 2.45 bits per heavy atom. The highest BCUT2D eigenvalue weighted by atomic mass is 32.2. The predicted octanol–water partition coefficient (Wildman–Crippen LogP) is -1.41. The second kappa shape index (κ2) is 2.46. The van der Waals surface area contributed by atoms with Gasteiger partial charge in [0.2, 0.25) is 0 Å². The SMILES string of the molecule is NCC1CC(C(=O)O)S1(=O)=O. The molecule has 1 aliphatic heterocycles. The molecule has 0 spiro atoms. The second-order valence-corrected chi connectivity index (χ2v) is 4.92. The first-order valence-electron chi connectivity index (χ1n) is 3.15. The Bertz CT molecular complexity index is 270. The molecule has 1 fully saturated rings. The first-order chi connectivity index (χ1) is 5.00. The third kappa shape index (κ3) is 1.12. The van der Waals surface area contributed by atoms with E-state index in [9.17, 15) is 13.2 Å². The molecule has 6 heteroatoms. The highest BCUT2D eigenvalue weighted by Gasteiger charge is 2.49. The Balaban J connectivity index is 2.78. The maximum atomic E-state index is 11.0. The van der Waals surface area contributed by atoms with Crippen molar-refractivity contribution in [2.75, 3.05) is 6.54 Å². The lowest BCUT2D eigenvalue weighted by Crippen LogP contribution is -2.53. The fourth-order valence-corrected chi connectivity index (χ4v) is 2.71. The van der Waals surface area contributed by atoms with Crippen LogP contribution in [0, 0.1) is 0 Å². The van der Waals surface area contributed by atoms with Gasteiger partial charge in [0.15, 0.2) is 15.1 Å². The van der Waals surface area contributed by atoms with Gasteiger partial charge in [0.1, 0.15) is 0 Å². The van der Waals surface area contributed by atoms with Crippen molar-refractivity contribution in [3.05, 3.63) is 0 Å². The Hall–Kier alpha value is -0.620. The van der Waals surface area contributed by atoms with Gasteiger partial charge in [-0.15, -0.1) is 0 Å². The van der Waals surface area contributed by atoms with E-state index in [4.69, 9.17) is 10.8 Å². The van der Waals surface area contributed by atoms with Gasteiger partial charge in [-0.2, -0.15) is 0 Å². The minimum atomic E-state index is -3.44. The van der Waals surface area contributed by atoms with Crippen LogP contribution in [0.15, 0.2) is 0 Å². The van der Waals surface area contributed by atoms with Crippen molar-refractivity contribution < 1.29 is 18.3 Å². The molecule has 0 saturated carbocycles. The molecule has 3 N–H and O–H groups in total. The van der Waals surface area contributed by atoms with Crippen LogP contribution in [-0.2, 0) is 14.6 Å². The van der Waals surface area contributed by atoms with Gasteiger partial charge in [-0.1, -0.05) is 0 Å². The molecule has 0 bridgehead atoms. The summed E-state index contributed by atoms with van der Waals surface area (Å²) >= 11 is 0. The first kappa shape index (κ1) is 8.48. The molecular weight excluding hydrogens is 170 g/mol. The molecule has 0 aliphatic carbocycles. The normalized spacial score (nSPS) is 34.3. The Labute approximate surface area is 64.1 Å². The summed E-state index contributed by atoms with van der Waals surface area (Å²) in [7, 11) is -3.44. The lowest BCUT2D eigenvalue weighted by molar-refractivity contribution is -0.137. The number of aliphatic carboxylic acids is 1. The van der Waals surface area contributed by atoms with Crippen LogP contribution < -0.4 is 5.73 Å². The van der Waals surface area contributed by atoms with Gasteiger partial charge >= 0.3 is 5.97 Å². The summed E-state index contributed by atoms with van der Waals surface area (Å²) in [5, 5.41) is 6.51. The molecule has 1 saturated heterocycles. The fraction of sp³-hybridized carbons (Fsp3) is 0.800. The summed E-state index contributed by atoms with van der Waals surface area (Å²) in [6.07, 6.45) is 0.161. The van der Waals surface area contributed by atoms with Crippen LogP contribution in [0.5, 0.6) is 0 Å². The van der Waals surface area contributed by atoms with E-state index in [1.54, 1.807) is 0 Å². The number of hydrogen-bond donors (Lipinski definition) is 2. The number of hydrogen-bond acceptors (Lipinski definition) is 4. The molecule has 1 rings (SSSR count). The van der Waals surface area contributed by atoms with Crippen molar-refractivity contribution in [1.29, 1.82) is 0 Å². The Morgan fingerprint density at radius 2 is 2.18 bits per heavy atom. The molecule has 0 amide bonds. The van der Waals surface area contributed by atoms with Crippen LogP contribution in [-0.4, -0.2) is 36.5 Å². The molecule has 1 heterocycles. The Kier molecular flexibility index (Phi) is 1.89. The van der Waals surface area contributed by atoms with E-state index in [0.29, 0.717) is 0 Å². The predicted molar refractivity (Wildman–Crippen MR) is 37.8 cm³/mol. The highest BCUT2D eigenvalue weighted by molar-refractivity contribution is 7.94. The van der Waals surface area contributed by atoms with E-state index in [1.165, 1.54) is 0 Å². The lowest BCUT2D eigenvalue weighted by atomic mass is 10.2. The maximum absolute atomic E-state index is 11.0. The van der Waals surface area contributed by atoms with Gasteiger partial charge in [-0.05, 0) is 6.42 Å². The van der Waals surface area contributed by atoms with E-state index in [2.05, 4.69) is 0 Å². The van der Waals surface area contributed by atoms with E-state index in [0.717, 1.165) is 0 Å². The van der Waals surface area contributed by atoms with E-state index >= 15 is 0 Å². The van der Waals surface area contributed by atoms with Crippen LogP contribution in [0.1, 0.15) is 6.42 Å². The minimum Gasteiger partial charge on any atom is -0.480 e. The zero-order valence-corrected chi connectivity index (χ0v) is 6.54. The summed E-state index contributed by atoms with van der Waals surface area (Å²) in [4.78, 5) is 10.2. The molecule has 1 aliphatic rings. The van der Waals surface area contributed by atoms with Crippen molar-refractivity contribution in [3.8, 4) is 0 Å². The van der Waals surface area contributed by atoms with Crippen molar-refractivity contribution in [3.63, 3.8) is 0 Å². The highest BCUT2D eigenvalue weighted by Crippen LogP contribution is 2.28. The molecular formula is C5H9NO4S. The van der Waals surface area contributed by atoms with Crippen molar-refractivity contribution in [1.82, 2.24) is 0 Å². The van der Waals surface area contributed by atoms with Crippen LogP contribution in [0.2, 0.25) is 0 Å². The zero-order chi connectivity index (χ0) is 8.65. The van der Waals surface area contributed by atoms with E-state index in [-0.39, 0.29) is 13.0 Å². The lowest BCUT2D eigenvalue weighted by Gasteiger charge is -2.30. The number of carboxylic acids is 1. The van der Waals surface area contributed by atoms with Crippen LogP contribution >= 0.6 is 0 Å². The smallest absolute Gasteiger partial charge is 0.321 e. The average Bonchev–Trinajstić information content (AvgIpc) is 1.85. The first-order valence-corrected chi connectivity index (χ1v) is 4.76. The summed E-state index contributed by atoms with van der Waals surface area (Å²) in [6.45, 7) is 0.0200. The minimum absolute atomic E-state index is 0.0200. The maximum Gasteiger partial charge on any atom is 0.321 e. The summed E-state index contributed by atoms with van der Waals surface area (Å²) < 4.78 is 21.9. The third-order valence-corrected chi connectivity index (χ3v) is 4.38. The molecule has 0 aromatic carbocycles. The van der Waals surface area contributed by atoms with Gasteiger partial charge in [0.05, 0.1) is 5.25 Å². The monoisotopic (exact) mass is 179 g/mol. The zero-order valence-electron chi connectivity index (χ0n) is 5.73. The fourth-order valence-electron chi connectivity index (χ4n) is 1.09. The molecule has 0 radical (unpaired) electrons. The molecule has 2 atom stereocenters.